The quantitative estimate of drug-likeness (QED) is 0.269. The van der Waals surface area contributed by atoms with Crippen molar-refractivity contribution in [3.8, 4) is 22.5 Å². The second-order valence-corrected chi connectivity index (χ2v) is 9.58. The van der Waals surface area contributed by atoms with Crippen LogP contribution in [0, 0.1) is 12.8 Å². The number of rotatable bonds is 9. The van der Waals surface area contributed by atoms with Gasteiger partial charge in [-0.3, -0.25) is 4.79 Å². The fraction of sp³-hybridized carbons (Fsp3) is 0.267. The Morgan fingerprint density at radius 3 is 2.19 bits per heavy atom. The molecule has 6 heteroatoms. The van der Waals surface area contributed by atoms with E-state index in [0.29, 0.717) is 35.4 Å². The van der Waals surface area contributed by atoms with Gasteiger partial charge in [0.2, 0.25) is 0 Å². The van der Waals surface area contributed by atoms with Crippen LogP contribution in [0.3, 0.4) is 0 Å². The number of hydrogen-bond donors (Lipinski definition) is 1. The lowest BCUT2D eigenvalue weighted by Gasteiger charge is -2.16. The Labute approximate surface area is 208 Å². The van der Waals surface area contributed by atoms with Gasteiger partial charge in [0, 0.05) is 24.0 Å². The number of aromatic nitrogens is 1. The number of hydrogen-bond acceptors (Lipinski definition) is 3. The molecule has 1 fully saturated rings. The van der Waals surface area contributed by atoms with E-state index in [9.17, 15) is 13.6 Å². The van der Waals surface area contributed by atoms with Crippen LogP contribution in [0.15, 0.2) is 83.4 Å². The van der Waals surface area contributed by atoms with Crippen LogP contribution in [0.25, 0.3) is 22.5 Å². The first kappa shape index (κ1) is 23.9. The van der Waals surface area contributed by atoms with Crippen molar-refractivity contribution in [3.05, 3.63) is 101 Å². The Morgan fingerprint density at radius 2 is 1.58 bits per heavy atom. The summed E-state index contributed by atoms with van der Waals surface area (Å²) in [6.45, 7) is 1.69. The maximum Gasteiger partial charge on any atom is 0.307 e. The van der Waals surface area contributed by atoms with Crippen molar-refractivity contribution in [1.29, 1.82) is 0 Å². The molecule has 1 aromatic heterocycles. The average molecular weight is 488 g/mol. The van der Waals surface area contributed by atoms with Crippen LogP contribution in [-0.4, -0.2) is 22.2 Å². The average Bonchev–Trinajstić information content (AvgIpc) is 3.62. The zero-order valence-electron chi connectivity index (χ0n) is 20.0. The van der Waals surface area contributed by atoms with Gasteiger partial charge in [0.15, 0.2) is 5.76 Å². The standard InChI is InChI=1S/C30H27F2NO3/c1-19-27(18-30(31,32)16-15-20-5-3-2-4-6-20)28(36-33-19)24-13-9-22(10-14-24)21-7-11-23(12-8-21)25-17-26(25)29(34)35/h2-14,25-26H,15-18H2,1H3,(H,34,35). The number of halogens is 2. The van der Waals surface area contributed by atoms with Crippen molar-refractivity contribution < 1.29 is 23.2 Å². The number of carboxylic acid groups (broad SMARTS) is 1. The molecule has 0 amide bonds. The number of alkyl halides is 2. The molecule has 4 aromatic rings. The van der Waals surface area contributed by atoms with Crippen LogP contribution < -0.4 is 0 Å². The number of nitrogens with zero attached hydrogens (tertiary/aromatic N) is 1. The highest BCUT2D eigenvalue weighted by atomic mass is 19.3. The molecule has 5 rings (SSSR count). The van der Waals surface area contributed by atoms with Gasteiger partial charge in [0.1, 0.15) is 0 Å². The fourth-order valence-electron chi connectivity index (χ4n) is 4.72. The molecule has 3 aromatic carbocycles. The van der Waals surface area contributed by atoms with Crippen molar-refractivity contribution in [2.45, 2.75) is 44.4 Å². The molecular weight excluding hydrogens is 460 g/mol. The third kappa shape index (κ3) is 5.23. The number of aliphatic carboxylic acids is 1. The highest BCUT2D eigenvalue weighted by Gasteiger charge is 2.44. The fourth-order valence-corrected chi connectivity index (χ4v) is 4.72. The molecule has 0 spiro atoms. The molecule has 1 saturated carbocycles. The first-order valence-electron chi connectivity index (χ1n) is 12.1. The van der Waals surface area contributed by atoms with E-state index in [0.717, 1.165) is 22.3 Å². The van der Waals surface area contributed by atoms with E-state index in [4.69, 9.17) is 9.63 Å². The molecule has 0 saturated heterocycles. The first-order chi connectivity index (χ1) is 17.3. The minimum atomic E-state index is -2.89. The summed E-state index contributed by atoms with van der Waals surface area (Å²) in [6, 6.07) is 24.8. The van der Waals surface area contributed by atoms with Crippen LogP contribution in [0.4, 0.5) is 8.78 Å². The number of benzene rings is 3. The first-order valence-corrected chi connectivity index (χ1v) is 12.1. The van der Waals surface area contributed by atoms with E-state index < -0.39 is 18.3 Å². The Balaban J connectivity index is 1.29. The minimum Gasteiger partial charge on any atom is -0.481 e. The maximum absolute atomic E-state index is 14.9. The molecule has 1 N–H and O–H groups in total. The van der Waals surface area contributed by atoms with Gasteiger partial charge in [-0.15, -0.1) is 0 Å². The van der Waals surface area contributed by atoms with Gasteiger partial charge in [-0.25, -0.2) is 8.78 Å². The van der Waals surface area contributed by atoms with Crippen LogP contribution >= 0.6 is 0 Å². The van der Waals surface area contributed by atoms with Crippen LogP contribution in [0.5, 0.6) is 0 Å². The topological polar surface area (TPSA) is 63.3 Å². The lowest BCUT2D eigenvalue weighted by molar-refractivity contribution is -0.138. The van der Waals surface area contributed by atoms with Gasteiger partial charge >= 0.3 is 5.97 Å². The molecule has 4 nitrogen and oxygen atoms in total. The number of carboxylic acids is 1. The smallest absolute Gasteiger partial charge is 0.307 e. The van der Waals surface area contributed by atoms with Crippen LogP contribution in [-0.2, 0) is 17.6 Å². The zero-order chi connectivity index (χ0) is 25.3. The molecule has 0 radical (unpaired) electrons. The molecule has 0 bridgehead atoms. The lowest BCUT2D eigenvalue weighted by Crippen LogP contribution is -2.21. The van der Waals surface area contributed by atoms with Crippen molar-refractivity contribution >= 4 is 5.97 Å². The van der Waals surface area contributed by atoms with E-state index >= 15 is 0 Å². The second-order valence-electron chi connectivity index (χ2n) is 9.58. The second kappa shape index (κ2) is 9.69. The van der Waals surface area contributed by atoms with E-state index in [1.54, 1.807) is 6.92 Å². The van der Waals surface area contributed by atoms with E-state index in [2.05, 4.69) is 5.16 Å². The summed E-state index contributed by atoms with van der Waals surface area (Å²) in [6.07, 6.45) is 0.322. The number of aryl methyl sites for hydroxylation is 2. The molecular formula is C30H27F2NO3. The highest BCUT2D eigenvalue weighted by Crippen LogP contribution is 2.47. The van der Waals surface area contributed by atoms with Crippen molar-refractivity contribution in [3.63, 3.8) is 0 Å². The number of carbonyl (C=O) groups is 1. The van der Waals surface area contributed by atoms with Crippen molar-refractivity contribution in [1.82, 2.24) is 5.16 Å². The molecule has 1 heterocycles. The molecule has 1 aliphatic carbocycles. The molecule has 36 heavy (non-hydrogen) atoms. The van der Waals surface area contributed by atoms with E-state index in [1.165, 1.54) is 0 Å². The maximum atomic E-state index is 14.9. The Morgan fingerprint density at radius 1 is 0.972 bits per heavy atom. The third-order valence-corrected chi connectivity index (χ3v) is 6.97. The van der Waals surface area contributed by atoms with Gasteiger partial charge in [-0.2, -0.15) is 0 Å². The summed E-state index contributed by atoms with van der Waals surface area (Å²) in [5, 5.41) is 13.1. The molecule has 1 aliphatic rings. The SMILES string of the molecule is Cc1noc(-c2ccc(-c3ccc(C4CC4C(=O)O)cc3)cc2)c1CC(F)(F)CCc1ccccc1. The normalized spacial score (nSPS) is 17.2. The Kier molecular flexibility index (Phi) is 6.44. The predicted octanol–water partition coefficient (Wildman–Crippen LogP) is 7.32. The monoisotopic (exact) mass is 487 g/mol. The van der Waals surface area contributed by atoms with Gasteiger partial charge < -0.3 is 9.63 Å². The Bertz CT molecular complexity index is 1350. The summed E-state index contributed by atoms with van der Waals surface area (Å²) >= 11 is 0. The molecule has 2 unspecified atom stereocenters. The van der Waals surface area contributed by atoms with Crippen LogP contribution in [0.2, 0.25) is 0 Å². The van der Waals surface area contributed by atoms with Gasteiger partial charge in [0.25, 0.3) is 5.92 Å². The van der Waals surface area contributed by atoms with E-state index in [1.807, 2.05) is 78.9 Å². The molecule has 184 valence electrons. The van der Waals surface area contributed by atoms with Gasteiger partial charge in [-0.1, -0.05) is 84.0 Å². The van der Waals surface area contributed by atoms with Crippen LogP contribution in [0.1, 0.15) is 41.1 Å². The summed E-state index contributed by atoms with van der Waals surface area (Å²) in [5.74, 6) is -3.43. The minimum absolute atomic E-state index is 0.0952. The summed E-state index contributed by atoms with van der Waals surface area (Å²) < 4.78 is 35.3. The highest BCUT2D eigenvalue weighted by molar-refractivity contribution is 5.75. The summed E-state index contributed by atoms with van der Waals surface area (Å²) in [7, 11) is 0. The zero-order valence-corrected chi connectivity index (χ0v) is 20.0. The van der Waals surface area contributed by atoms with E-state index in [-0.39, 0.29) is 18.3 Å². The van der Waals surface area contributed by atoms with Crippen molar-refractivity contribution in [2.24, 2.45) is 5.92 Å². The van der Waals surface area contributed by atoms with Gasteiger partial charge in [-0.05, 0) is 47.9 Å². The largest absolute Gasteiger partial charge is 0.481 e. The molecule has 2 atom stereocenters. The Hall–Kier alpha value is -3.80. The molecule has 0 aliphatic heterocycles. The van der Waals surface area contributed by atoms with Gasteiger partial charge in [0.05, 0.1) is 11.6 Å². The third-order valence-electron chi connectivity index (χ3n) is 6.97. The predicted molar refractivity (Wildman–Crippen MR) is 134 cm³/mol. The summed E-state index contributed by atoms with van der Waals surface area (Å²) in [4.78, 5) is 11.1. The lowest BCUT2D eigenvalue weighted by atomic mass is 9.96. The van der Waals surface area contributed by atoms with Crippen molar-refractivity contribution in [2.75, 3.05) is 0 Å². The summed E-state index contributed by atoms with van der Waals surface area (Å²) in [5.41, 5.74) is 5.51.